The number of hydrogen-bond acceptors (Lipinski definition) is 1. The highest BCUT2D eigenvalue weighted by Gasteiger charge is 2.07. The number of rotatable bonds is 1. The number of aromatic amines is 1. The van der Waals surface area contributed by atoms with E-state index in [1.807, 2.05) is 48.5 Å². The number of nitrogens with one attached hydrogen (secondary N) is 1. The highest BCUT2D eigenvalue weighted by atomic mass is 16.1. The Kier molecular flexibility index (Phi) is 1.93. The molecule has 0 atom stereocenters. The molecule has 0 bridgehead atoms. The summed E-state index contributed by atoms with van der Waals surface area (Å²) in [5.74, 6) is 0. The quantitative estimate of drug-likeness (QED) is 0.446. The van der Waals surface area contributed by atoms with Gasteiger partial charge in [-0.25, -0.2) is 4.98 Å². The van der Waals surface area contributed by atoms with Crippen molar-refractivity contribution in [3.05, 3.63) is 54.1 Å². The fraction of sp³-hybridized carbons (Fsp3) is 0. The smallest absolute Gasteiger partial charge is 0.212 e. The van der Waals surface area contributed by atoms with Gasteiger partial charge < -0.3 is 0 Å². The highest BCUT2D eigenvalue weighted by Crippen LogP contribution is 2.18. The molecule has 0 aliphatic heterocycles. The third-order valence-electron chi connectivity index (χ3n) is 2.80. The number of carbonyl (C=O) groups excluding carboxylic acids is 1. The predicted molar refractivity (Wildman–Crippen MR) is 63.4 cm³/mol. The van der Waals surface area contributed by atoms with Crippen LogP contribution in [0.25, 0.3) is 21.8 Å². The molecule has 0 fully saturated rings. The Bertz CT molecular complexity index is 688. The molecular weight excluding hydrogens is 198 g/mol. The molecule has 2 aromatic carbocycles. The van der Waals surface area contributed by atoms with E-state index in [9.17, 15) is 4.79 Å². The van der Waals surface area contributed by atoms with E-state index in [-0.39, 0.29) is 0 Å². The third kappa shape index (κ3) is 1.27. The van der Waals surface area contributed by atoms with Gasteiger partial charge in [0.1, 0.15) is 0 Å². The van der Waals surface area contributed by atoms with Crippen LogP contribution in [0.1, 0.15) is 10.4 Å². The van der Waals surface area contributed by atoms with E-state index in [0.717, 1.165) is 33.7 Å². The number of benzene rings is 2. The van der Waals surface area contributed by atoms with Gasteiger partial charge in [-0.05, 0) is 12.1 Å². The van der Waals surface area contributed by atoms with Gasteiger partial charge in [0.2, 0.25) is 11.0 Å². The van der Waals surface area contributed by atoms with Crippen LogP contribution in [0.2, 0.25) is 0 Å². The number of fused-ring (bicyclic) bond motifs is 2. The van der Waals surface area contributed by atoms with Gasteiger partial charge >= 0.3 is 0 Å². The molecule has 0 saturated carbocycles. The zero-order valence-electron chi connectivity index (χ0n) is 8.60. The lowest BCUT2D eigenvalue weighted by Gasteiger charge is -1.97. The maximum absolute atomic E-state index is 10.9. The van der Waals surface area contributed by atoms with Gasteiger partial charge in [0.15, 0.2) is 6.29 Å². The molecular formula is C14H10NO+. The van der Waals surface area contributed by atoms with Crippen molar-refractivity contribution in [1.82, 2.24) is 0 Å². The number of pyridine rings is 1. The van der Waals surface area contributed by atoms with Crippen molar-refractivity contribution < 1.29 is 9.78 Å². The fourth-order valence-electron chi connectivity index (χ4n) is 1.99. The molecule has 3 aromatic rings. The van der Waals surface area contributed by atoms with Gasteiger partial charge in [-0.2, -0.15) is 0 Å². The van der Waals surface area contributed by atoms with Gasteiger partial charge in [-0.3, -0.25) is 4.79 Å². The molecule has 0 amide bonds. The summed E-state index contributed by atoms with van der Waals surface area (Å²) in [6, 6.07) is 15.8. The standard InChI is InChI=1S/C14H9NO/c16-9-11-5-3-7-14-12(11)8-10-4-1-2-6-13(10)15-14/h1-9H/p+1. The summed E-state index contributed by atoms with van der Waals surface area (Å²) < 4.78 is 0. The van der Waals surface area contributed by atoms with Crippen molar-refractivity contribution in [2.75, 3.05) is 0 Å². The predicted octanol–water partition coefficient (Wildman–Crippen LogP) is 2.62. The lowest BCUT2D eigenvalue weighted by atomic mass is 10.1. The Morgan fingerprint density at radius 2 is 1.75 bits per heavy atom. The number of para-hydroxylation sites is 1. The molecule has 2 heteroatoms. The first-order valence-electron chi connectivity index (χ1n) is 5.17. The van der Waals surface area contributed by atoms with Crippen LogP contribution in [0.5, 0.6) is 0 Å². The second kappa shape index (κ2) is 3.42. The van der Waals surface area contributed by atoms with Gasteiger partial charge in [0, 0.05) is 23.1 Å². The first kappa shape index (κ1) is 9.04. The molecule has 0 unspecified atom stereocenters. The first-order chi connectivity index (χ1) is 7.88. The van der Waals surface area contributed by atoms with E-state index in [2.05, 4.69) is 4.98 Å². The molecule has 2 nitrogen and oxygen atoms in total. The molecule has 3 rings (SSSR count). The number of aromatic nitrogens is 1. The molecule has 0 aliphatic carbocycles. The zero-order chi connectivity index (χ0) is 11.0. The van der Waals surface area contributed by atoms with Crippen molar-refractivity contribution in [3.63, 3.8) is 0 Å². The summed E-state index contributed by atoms with van der Waals surface area (Å²) in [5.41, 5.74) is 2.79. The topological polar surface area (TPSA) is 31.2 Å². The number of carbonyl (C=O) groups is 1. The van der Waals surface area contributed by atoms with Gasteiger partial charge in [0.25, 0.3) is 0 Å². The fourth-order valence-corrected chi connectivity index (χ4v) is 1.99. The summed E-state index contributed by atoms with van der Waals surface area (Å²) in [6.45, 7) is 0. The van der Waals surface area contributed by atoms with Gasteiger partial charge in [-0.15, -0.1) is 0 Å². The maximum Gasteiger partial charge on any atom is 0.212 e. The Balaban J connectivity index is 2.51. The SMILES string of the molecule is O=Cc1cccc2[nH+]c3ccccc3cc12. The monoisotopic (exact) mass is 208 g/mol. The maximum atomic E-state index is 10.9. The molecule has 1 heterocycles. The van der Waals surface area contributed by atoms with Crippen LogP contribution in [-0.4, -0.2) is 6.29 Å². The minimum Gasteiger partial charge on any atom is -0.298 e. The third-order valence-corrected chi connectivity index (χ3v) is 2.80. The van der Waals surface area contributed by atoms with Crippen LogP contribution >= 0.6 is 0 Å². The van der Waals surface area contributed by atoms with Crippen LogP contribution in [0.3, 0.4) is 0 Å². The average Bonchev–Trinajstić information content (AvgIpc) is 2.35. The Hall–Kier alpha value is -2.22. The molecule has 16 heavy (non-hydrogen) atoms. The summed E-state index contributed by atoms with van der Waals surface area (Å²) in [7, 11) is 0. The summed E-state index contributed by atoms with van der Waals surface area (Å²) in [5, 5.41) is 2.08. The van der Waals surface area contributed by atoms with E-state index in [0.29, 0.717) is 0 Å². The summed E-state index contributed by atoms with van der Waals surface area (Å²) >= 11 is 0. The van der Waals surface area contributed by atoms with Crippen molar-refractivity contribution in [2.45, 2.75) is 0 Å². The second-order valence-corrected chi connectivity index (χ2v) is 3.78. The van der Waals surface area contributed by atoms with Crippen molar-refractivity contribution in [1.29, 1.82) is 0 Å². The van der Waals surface area contributed by atoms with Crippen molar-refractivity contribution >= 4 is 28.1 Å². The van der Waals surface area contributed by atoms with E-state index in [1.165, 1.54) is 0 Å². The molecule has 0 spiro atoms. The molecule has 0 aliphatic rings. The van der Waals surface area contributed by atoms with Crippen LogP contribution in [0, 0.1) is 0 Å². The Labute approximate surface area is 92.5 Å². The average molecular weight is 208 g/mol. The first-order valence-corrected chi connectivity index (χ1v) is 5.17. The van der Waals surface area contributed by atoms with Crippen LogP contribution in [-0.2, 0) is 0 Å². The highest BCUT2D eigenvalue weighted by molar-refractivity contribution is 5.99. The zero-order valence-corrected chi connectivity index (χ0v) is 8.60. The number of hydrogen-bond donors (Lipinski definition) is 0. The second-order valence-electron chi connectivity index (χ2n) is 3.78. The van der Waals surface area contributed by atoms with Crippen LogP contribution in [0.4, 0.5) is 0 Å². The van der Waals surface area contributed by atoms with E-state index in [4.69, 9.17) is 0 Å². The molecule has 0 saturated heterocycles. The minimum atomic E-state index is 0.722. The lowest BCUT2D eigenvalue weighted by Crippen LogP contribution is -2.05. The van der Waals surface area contributed by atoms with Crippen molar-refractivity contribution in [2.24, 2.45) is 0 Å². The van der Waals surface area contributed by atoms with Crippen LogP contribution in [0.15, 0.2) is 48.5 Å². The van der Waals surface area contributed by atoms with E-state index < -0.39 is 0 Å². The molecule has 0 radical (unpaired) electrons. The number of H-pyrrole nitrogens is 1. The minimum absolute atomic E-state index is 0.722. The largest absolute Gasteiger partial charge is 0.298 e. The molecule has 1 N–H and O–H groups in total. The van der Waals surface area contributed by atoms with Gasteiger partial charge in [0.05, 0.1) is 5.39 Å². The van der Waals surface area contributed by atoms with Crippen molar-refractivity contribution in [3.8, 4) is 0 Å². The Morgan fingerprint density at radius 1 is 0.938 bits per heavy atom. The van der Waals surface area contributed by atoms with E-state index in [1.54, 1.807) is 0 Å². The summed E-state index contributed by atoms with van der Waals surface area (Å²) in [6.07, 6.45) is 0.894. The van der Waals surface area contributed by atoms with Gasteiger partial charge in [-0.1, -0.05) is 24.3 Å². The summed E-state index contributed by atoms with van der Waals surface area (Å²) in [4.78, 5) is 14.3. The van der Waals surface area contributed by atoms with Crippen LogP contribution < -0.4 is 4.98 Å². The Morgan fingerprint density at radius 3 is 2.62 bits per heavy atom. The molecule has 1 aromatic heterocycles. The number of aldehydes is 1. The van der Waals surface area contributed by atoms with E-state index >= 15 is 0 Å². The normalized spacial score (nSPS) is 10.8. The lowest BCUT2D eigenvalue weighted by molar-refractivity contribution is -0.310. The molecule has 76 valence electrons.